The Balaban J connectivity index is 1.88. The molecule has 0 aliphatic heterocycles. The molecule has 1 saturated carbocycles. The van der Waals surface area contributed by atoms with Gasteiger partial charge in [-0.2, -0.15) is 0 Å². The molecule has 2 rings (SSSR count). The largest absolute Gasteiger partial charge is 0.490 e. The molecule has 1 atom stereocenters. The number of rotatable bonds is 6. The minimum Gasteiger partial charge on any atom is -0.490 e. The molecule has 1 aliphatic carbocycles. The van der Waals surface area contributed by atoms with E-state index in [4.69, 9.17) is 4.74 Å². The summed E-state index contributed by atoms with van der Waals surface area (Å²) in [7, 11) is 0. The van der Waals surface area contributed by atoms with Gasteiger partial charge in [-0.05, 0) is 51.2 Å². The highest BCUT2D eigenvalue weighted by Crippen LogP contribution is 2.38. The third-order valence-electron chi connectivity index (χ3n) is 4.15. The van der Waals surface area contributed by atoms with Gasteiger partial charge in [-0.25, -0.2) is 0 Å². The molecular weight excluding hydrogens is 262 g/mol. The number of para-hydroxylation sites is 1. The Labute approximate surface area is 128 Å². The van der Waals surface area contributed by atoms with Gasteiger partial charge in [-0.3, -0.25) is 0 Å². The summed E-state index contributed by atoms with van der Waals surface area (Å²) >= 11 is 0. The first kappa shape index (κ1) is 16.3. The lowest BCUT2D eigenvalue weighted by molar-refractivity contribution is -0.722. The van der Waals surface area contributed by atoms with Crippen molar-refractivity contribution in [3.8, 4) is 5.75 Å². The quantitative estimate of drug-likeness (QED) is 0.846. The maximum Gasteiger partial charge on any atom is 0.137 e. The summed E-state index contributed by atoms with van der Waals surface area (Å²) in [5.41, 5.74) is 1.46. The van der Waals surface area contributed by atoms with E-state index in [1.54, 1.807) is 0 Å². The summed E-state index contributed by atoms with van der Waals surface area (Å²) in [5.74, 6) is 1.60. The molecule has 3 heteroatoms. The van der Waals surface area contributed by atoms with Crippen LogP contribution in [0.4, 0.5) is 0 Å². The van der Waals surface area contributed by atoms with E-state index in [-0.39, 0.29) is 5.54 Å². The third kappa shape index (κ3) is 5.33. The van der Waals surface area contributed by atoms with Gasteiger partial charge in [0.25, 0.3) is 0 Å². The molecule has 21 heavy (non-hydrogen) atoms. The normalized spacial score (nSPS) is 17.9. The van der Waals surface area contributed by atoms with Gasteiger partial charge in [0.1, 0.15) is 25.0 Å². The van der Waals surface area contributed by atoms with E-state index in [1.165, 1.54) is 31.2 Å². The van der Waals surface area contributed by atoms with Gasteiger partial charge in [-0.1, -0.05) is 31.0 Å². The molecule has 0 unspecified atom stereocenters. The van der Waals surface area contributed by atoms with Crippen molar-refractivity contribution in [3.63, 3.8) is 0 Å². The molecule has 0 heterocycles. The molecule has 0 saturated heterocycles. The fourth-order valence-corrected chi connectivity index (χ4v) is 2.93. The summed E-state index contributed by atoms with van der Waals surface area (Å²) in [6.45, 7) is 7.49. The van der Waals surface area contributed by atoms with Crippen LogP contribution in [-0.4, -0.2) is 29.9 Å². The molecule has 0 radical (unpaired) electrons. The van der Waals surface area contributed by atoms with Crippen LogP contribution in [0.3, 0.4) is 0 Å². The minimum absolute atomic E-state index is 0.142. The molecule has 0 bridgehead atoms. The van der Waals surface area contributed by atoms with Crippen molar-refractivity contribution in [1.82, 2.24) is 0 Å². The number of nitrogens with two attached hydrogens (primary N) is 1. The average molecular weight is 292 g/mol. The van der Waals surface area contributed by atoms with E-state index >= 15 is 0 Å². The lowest BCUT2D eigenvalue weighted by atomic mass is 9.97. The Kier molecular flexibility index (Phi) is 5.65. The van der Waals surface area contributed by atoms with Crippen LogP contribution >= 0.6 is 0 Å². The van der Waals surface area contributed by atoms with E-state index in [0.29, 0.717) is 19.1 Å². The monoisotopic (exact) mass is 292 g/mol. The number of ether oxygens (including phenoxy) is 1. The van der Waals surface area contributed by atoms with Crippen molar-refractivity contribution in [1.29, 1.82) is 0 Å². The van der Waals surface area contributed by atoms with Crippen molar-refractivity contribution in [3.05, 3.63) is 29.8 Å². The molecule has 0 amide bonds. The Hall–Kier alpha value is -1.06. The van der Waals surface area contributed by atoms with Crippen LogP contribution in [0.2, 0.25) is 0 Å². The molecule has 3 N–H and O–H groups in total. The Morgan fingerprint density at radius 3 is 2.57 bits per heavy atom. The molecule has 1 fully saturated rings. The van der Waals surface area contributed by atoms with Crippen molar-refractivity contribution in [2.75, 3.05) is 13.2 Å². The van der Waals surface area contributed by atoms with Gasteiger partial charge in [0.15, 0.2) is 0 Å². The summed E-state index contributed by atoms with van der Waals surface area (Å²) in [5, 5.41) is 12.2. The zero-order valence-corrected chi connectivity index (χ0v) is 13.6. The van der Waals surface area contributed by atoms with Crippen LogP contribution in [0.5, 0.6) is 5.75 Å². The van der Waals surface area contributed by atoms with Crippen LogP contribution < -0.4 is 10.1 Å². The molecule has 3 nitrogen and oxygen atoms in total. The number of aliphatic hydroxyl groups is 1. The van der Waals surface area contributed by atoms with Gasteiger partial charge < -0.3 is 15.2 Å². The minimum atomic E-state index is -0.430. The lowest BCUT2D eigenvalue weighted by Gasteiger charge is -2.21. The second-order valence-corrected chi connectivity index (χ2v) is 7.29. The molecule has 118 valence electrons. The highest BCUT2D eigenvalue weighted by atomic mass is 16.5. The van der Waals surface area contributed by atoms with Crippen LogP contribution in [0.15, 0.2) is 24.3 Å². The number of hydrogen-bond acceptors (Lipinski definition) is 2. The van der Waals surface area contributed by atoms with Crippen molar-refractivity contribution in [2.45, 2.75) is 64.0 Å². The summed E-state index contributed by atoms with van der Waals surface area (Å²) in [4.78, 5) is 0. The summed E-state index contributed by atoms with van der Waals surface area (Å²) in [6.07, 6.45) is 4.74. The number of quaternary nitrogens is 1. The zero-order chi connectivity index (χ0) is 15.3. The Morgan fingerprint density at radius 1 is 1.24 bits per heavy atom. The second kappa shape index (κ2) is 7.28. The maximum absolute atomic E-state index is 10.1. The van der Waals surface area contributed by atoms with E-state index in [0.717, 1.165) is 5.75 Å². The van der Waals surface area contributed by atoms with Gasteiger partial charge in [0, 0.05) is 0 Å². The average Bonchev–Trinajstić information content (AvgIpc) is 2.96. The first-order chi connectivity index (χ1) is 9.96. The zero-order valence-electron chi connectivity index (χ0n) is 13.6. The van der Waals surface area contributed by atoms with Crippen molar-refractivity contribution < 1.29 is 15.2 Å². The molecule has 0 aromatic heterocycles. The van der Waals surface area contributed by atoms with E-state index in [2.05, 4.69) is 38.2 Å². The van der Waals surface area contributed by atoms with Gasteiger partial charge in [-0.15, -0.1) is 0 Å². The standard InChI is InChI=1S/C18H29NO2/c1-18(2,3)19-12-15(20)13-21-17-11-7-6-10-16(17)14-8-4-5-9-14/h6-7,10-11,14-15,19-20H,4-5,8-9,12-13H2,1-3H3/p+1/t15-/m0/s1. The molecular formula is C18H30NO2+. The van der Waals surface area contributed by atoms with Crippen LogP contribution in [0, 0.1) is 0 Å². The highest BCUT2D eigenvalue weighted by Gasteiger charge is 2.21. The van der Waals surface area contributed by atoms with E-state index in [9.17, 15) is 5.11 Å². The van der Waals surface area contributed by atoms with Crippen LogP contribution in [0.1, 0.15) is 57.9 Å². The van der Waals surface area contributed by atoms with Crippen molar-refractivity contribution in [2.24, 2.45) is 0 Å². The SMILES string of the molecule is CC(C)(C)[NH2+]C[C@H](O)COc1ccccc1C1CCCC1. The van der Waals surface area contributed by atoms with Crippen LogP contribution in [0.25, 0.3) is 0 Å². The van der Waals surface area contributed by atoms with Gasteiger partial charge in [0.05, 0.1) is 5.54 Å². The maximum atomic E-state index is 10.1. The third-order valence-corrected chi connectivity index (χ3v) is 4.15. The van der Waals surface area contributed by atoms with Crippen molar-refractivity contribution >= 4 is 0 Å². The first-order valence-electron chi connectivity index (χ1n) is 8.20. The molecule has 1 aliphatic rings. The summed E-state index contributed by atoms with van der Waals surface area (Å²) in [6, 6.07) is 8.32. The smallest absolute Gasteiger partial charge is 0.137 e. The second-order valence-electron chi connectivity index (χ2n) is 7.29. The molecule has 1 aromatic rings. The fourth-order valence-electron chi connectivity index (χ4n) is 2.93. The number of hydrogen-bond donors (Lipinski definition) is 2. The first-order valence-corrected chi connectivity index (χ1v) is 8.20. The molecule has 1 aromatic carbocycles. The Morgan fingerprint density at radius 2 is 1.90 bits per heavy atom. The highest BCUT2D eigenvalue weighted by molar-refractivity contribution is 5.36. The number of aliphatic hydroxyl groups excluding tert-OH is 1. The fraction of sp³-hybridized carbons (Fsp3) is 0.667. The van der Waals surface area contributed by atoms with E-state index < -0.39 is 6.10 Å². The topological polar surface area (TPSA) is 46.1 Å². The van der Waals surface area contributed by atoms with E-state index in [1.807, 2.05) is 12.1 Å². The molecule has 0 spiro atoms. The summed E-state index contributed by atoms with van der Waals surface area (Å²) < 4.78 is 5.91. The van der Waals surface area contributed by atoms with Crippen LogP contribution in [-0.2, 0) is 0 Å². The lowest BCUT2D eigenvalue weighted by Crippen LogP contribution is -2.96. The number of benzene rings is 1. The van der Waals surface area contributed by atoms with Gasteiger partial charge in [0.2, 0.25) is 0 Å². The predicted molar refractivity (Wildman–Crippen MR) is 85.7 cm³/mol. The predicted octanol–water partition coefficient (Wildman–Crippen LogP) is 2.45. The van der Waals surface area contributed by atoms with Gasteiger partial charge >= 0.3 is 0 Å². The Bertz CT molecular complexity index is 433.